The van der Waals surface area contributed by atoms with Crippen molar-refractivity contribution in [1.82, 2.24) is 19.1 Å². The molecule has 0 atom stereocenters. The first kappa shape index (κ1) is 25.9. The fourth-order valence-electron chi connectivity index (χ4n) is 3.81. The van der Waals surface area contributed by atoms with E-state index < -0.39 is 23.9 Å². The summed E-state index contributed by atoms with van der Waals surface area (Å²) in [7, 11) is 0. The Morgan fingerprint density at radius 1 is 0.941 bits per heavy atom. The fourth-order valence-corrected chi connectivity index (χ4v) is 3.81. The molecule has 0 spiro atoms. The Morgan fingerprint density at radius 3 is 2.18 bits per heavy atom. The van der Waals surface area contributed by atoms with Gasteiger partial charge in [-0.3, -0.25) is 4.40 Å². The van der Waals surface area contributed by atoms with Crippen molar-refractivity contribution in [1.29, 1.82) is 0 Å². The molecule has 10 heteroatoms. The van der Waals surface area contributed by atoms with E-state index in [2.05, 4.69) is 36.8 Å². The third-order valence-electron chi connectivity index (χ3n) is 5.39. The standard InChI is InChI=1S/C20H25N5O5.C4H10/c1-15-5-4-6-16(13-15)22-9-11-23(12-10-22)19(27,28)14-20(29,30)25-18(26)24-8-3-2-7-17(24)21-25;1-4(2)3/h2-8,13,27-30H,9-12,14H2,1H3;4H,1-3H3. The summed E-state index contributed by atoms with van der Waals surface area (Å²) in [5, 5.41) is 46.0. The lowest BCUT2D eigenvalue weighted by molar-refractivity contribution is -0.345. The van der Waals surface area contributed by atoms with Gasteiger partial charge in [-0.25, -0.2) is 9.69 Å². The van der Waals surface area contributed by atoms with Crippen LogP contribution in [-0.4, -0.2) is 71.6 Å². The zero-order chi connectivity index (χ0) is 25.1. The Balaban J connectivity index is 0.000000751. The van der Waals surface area contributed by atoms with Crippen LogP contribution in [0.3, 0.4) is 0 Å². The van der Waals surface area contributed by atoms with Gasteiger partial charge in [0.2, 0.25) is 5.91 Å². The second-order valence-electron chi connectivity index (χ2n) is 9.39. The highest BCUT2D eigenvalue weighted by atomic mass is 16.6. The van der Waals surface area contributed by atoms with Crippen LogP contribution in [-0.2, 0) is 5.91 Å². The molecule has 0 unspecified atom stereocenters. The van der Waals surface area contributed by atoms with Gasteiger partial charge in [-0.1, -0.05) is 39.0 Å². The summed E-state index contributed by atoms with van der Waals surface area (Å²) < 4.78 is 1.59. The maximum atomic E-state index is 12.4. The van der Waals surface area contributed by atoms with Crippen molar-refractivity contribution in [3.05, 3.63) is 64.7 Å². The van der Waals surface area contributed by atoms with Crippen LogP contribution in [0.2, 0.25) is 0 Å². The minimum atomic E-state index is -2.89. The Morgan fingerprint density at radius 2 is 1.59 bits per heavy atom. The lowest BCUT2D eigenvalue weighted by Crippen LogP contribution is -2.60. The monoisotopic (exact) mass is 473 g/mol. The van der Waals surface area contributed by atoms with Crippen LogP contribution in [0, 0.1) is 12.8 Å². The van der Waals surface area contributed by atoms with E-state index in [1.165, 1.54) is 17.2 Å². The summed E-state index contributed by atoms with van der Waals surface area (Å²) in [6.45, 7) is 10.2. The minimum absolute atomic E-state index is 0.211. The molecule has 10 nitrogen and oxygen atoms in total. The minimum Gasteiger partial charge on any atom is -0.369 e. The average Bonchev–Trinajstić information content (AvgIpc) is 3.11. The highest BCUT2D eigenvalue weighted by Gasteiger charge is 2.44. The number of piperazine rings is 1. The van der Waals surface area contributed by atoms with Crippen molar-refractivity contribution >= 4 is 11.3 Å². The topological polar surface area (TPSA) is 127 Å². The number of fused-ring (bicyclic) bond motifs is 1. The lowest BCUT2D eigenvalue weighted by atomic mass is 10.1. The van der Waals surface area contributed by atoms with E-state index in [4.69, 9.17) is 0 Å². The first-order chi connectivity index (χ1) is 15.9. The molecule has 0 saturated carbocycles. The molecular formula is C24H35N5O5. The van der Waals surface area contributed by atoms with E-state index in [1.807, 2.05) is 25.1 Å². The quantitative estimate of drug-likeness (QED) is 0.403. The van der Waals surface area contributed by atoms with E-state index >= 15 is 0 Å². The molecule has 4 N–H and O–H groups in total. The van der Waals surface area contributed by atoms with E-state index in [9.17, 15) is 25.2 Å². The number of aromatic nitrogens is 3. The summed E-state index contributed by atoms with van der Waals surface area (Å²) in [5.74, 6) is -4.60. The van der Waals surface area contributed by atoms with Crippen molar-refractivity contribution in [2.24, 2.45) is 5.92 Å². The average molecular weight is 474 g/mol. The summed E-state index contributed by atoms with van der Waals surface area (Å²) in [4.78, 5) is 15.9. The van der Waals surface area contributed by atoms with E-state index in [0.29, 0.717) is 17.8 Å². The van der Waals surface area contributed by atoms with Gasteiger partial charge in [0, 0.05) is 38.1 Å². The van der Waals surface area contributed by atoms with Crippen LogP contribution in [0.4, 0.5) is 5.69 Å². The first-order valence-electron chi connectivity index (χ1n) is 11.4. The molecule has 1 fully saturated rings. The third kappa shape index (κ3) is 6.02. The van der Waals surface area contributed by atoms with Crippen LogP contribution >= 0.6 is 0 Å². The molecule has 0 radical (unpaired) electrons. The Bertz CT molecular complexity index is 1140. The molecule has 0 bridgehead atoms. The van der Waals surface area contributed by atoms with Gasteiger partial charge in [0.25, 0.3) is 5.91 Å². The number of hydrogen-bond acceptors (Lipinski definition) is 8. The predicted octanol–water partition coefficient (Wildman–Crippen LogP) is 0.912. The number of pyridine rings is 1. The van der Waals surface area contributed by atoms with Gasteiger partial charge < -0.3 is 25.3 Å². The number of anilines is 1. The number of hydrogen-bond donors (Lipinski definition) is 4. The lowest BCUT2D eigenvalue weighted by Gasteiger charge is -2.43. The Labute approximate surface area is 198 Å². The van der Waals surface area contributed by atoms with Crippen molar-refractivity contribution in [3.8, 4) is 0 Å². The molecule has 3 aromatic rings. The van der Waals surface area contributed by atoms with Gasteiger partial charge in [-0.15, -0.1) is 5.10 Å². The molecule has 1 aromatic carbocycles. The molecule has 1 saturated heterocycles. The zero-order valence-electron chi connectivity index (χ0n) is 20.2. The molecule has 186 valence electrons. The number of aryl methyl sites for hydroxylation is 1. The van der Waals surface area contributed by atoms with Crippen LogP contribution in [0.1, 0.15) is 32.8 Å². The van der Waals surface area contributed by atoms with Gasteiger partial charge in [0.1, 0.15) is 0 Å². The molecule has 1 aliphatic heterocycles. The normalized spacial score (nSPS) is 15.5. The Kier molecular flexibility index (Phi) is 7.79. The van der Waals surface area contributed by atoms with Gasteiger partial charge in [-0.2, -0.15) is 4.68 Å². The van der Waals surface area contributed by atoms with Crippen molar-refractivity contribution in [2.75, 3.05) is 31.1 Å². The summed E-state index contributed by atoms with van der Waals surface area (Å²) in [6, 6.07) is 12.8. The fraction of sp³-hybridized carbons (Fsp3) is 0.500. The second-order valence-corrected chi connectivity index (χ2v) is 9.39. The molecule has 0 aliphatic carbocycles. The van der Waals surface area contributed by atoms with Crippen molar-refractivity contribution in [3.63, 3.8) is 0 Å². The zero-order valence-corrected chi connectivity index (χ0v) is 20.2. The summed E-state index contributed by atoms with van der Waals surface area (Å²) in [5.41, 5.74) is 1.60. The largest absolute Gasteiger partial charge is 0.369 e. The molecule has 3 heterocycles. The molecule has 0 amide bonds. The van der Waals surface area contributed by atoms with E-state index in [-0.39, 0.29) is 18.7 Å². The molecular weight excluding hydrogens is 438 g/mol. The van der Waals surface area contributed by atoms with Crippen LogP contribution in [0.15, 0.2) is 53.5 Å². The number of aliphatic hydroxyl groups is 4. The highest BCUT2D eigenvalue weighted by Crippen LogP contribution is 2.26. The third-order valence-corrected chi connectivity index (χ3v) is 5.39. The predicted molar refractivity (Wildman–Crippen MR) is 129 cm³/mol. The molecule has 1 aliphatic rings. The molecule has 4 rings (SSSR count). The highest BCUT2D eigenvalue weighted by molar-refractivity contribution is 5.48. The maximum Gasteiger partial charge on any atom is 0.355 e. The van der Waals surface area contributed by atoms with Gasteiger partial charge >= 0.3 is 5.69 Å². The summed E-state index contributed by atoms with van der Waals surface area (Å²) >= 11 is 0. The van der Waals surface area contributed by atoms with Crippen LogP contribution in [0.5, 0.6) is 0 Å². The van der Waals surface area contributed by atoms with Crippen LogP contribution in [0.25, 0.3) is 5.65 Å². The van der Waals surface area contributed by atoms with E-state index in [0.717, 1.165) is 21.6 Å². The van der Waals surface area contributed by atoms with Crippen molar-refractivity contribution < 1.29 is 20.4 Å². The first-order valence-corrected chi connectivity index (χ1v) is 11.4. The molecule has 2 aromatic heterocycles. The van der Waals surface area contributed by atoms with Crippen LogP contribution < -0.4 is 10.6 Å². The second kappa shape index (κ2) is 10.2. The van der Waals surface area contributed by atoms with Crippen molar-refractivity contribution in [2.45, 2.75) is 45.9 Å². The number of rotatable bonds is 5. The Hall–Kier alpha value is -2.76. The number of nitrogens with zero attached hydrogens (tertiary/aromatic N) is 5. The number of benzene rings is 1. The smallest absolute Gasteiger partial charge is 0.355 e. The van der Waals surface area contributed by atoms with Gasteiger partial charge in [0.15, 0.2) is 5.65 Å². The van der Waals surface area contributed by atoms with Gasteiger partial charge in [-0.05, 0) is 42.7 Å². The SMILES string of the molecule is CC(C)C.Cc1cccc(N2CCN(C(O)(O)CC(O)(O)n3nc4ccccn4c3=O)CC2)c1. The van der Waals surface area contributed by atoms with Gasteiger partial charge in [0.05, 0.1) is 6.42 Å². The molecule has 34 heavy (non-hydrogen) atoms. The van der Waals surface area contributed by atoms with E-state index in [1.54, 1.807) is 12.1 Å². The summed E-state index contributed by atoms with van der Waals surface area (Å²) in [6.07, 6.45) is 0.501. The maximum absolute atomic E-state index is 12.4.